The van der Waals surface area contributed by atoms with Gasteiger partial charge in [0.2, 0.25) is 0 Å². The third kappa shape index (κ3) is 4.01. The van der Waals surface area contributed by atoms with Crippen molar-refractivity contribution in [2.75, 3.05) is 0 Å². The minimum absolute atomic E-state index is 0.0611. The van der Waals surface area contributed by atoms with Crippen LogP contribution in [0.4, 0.5) is 5.69 Å². The number of nitrogens with zero attached hydrogens (tertiary/aromatic N) is 5. The van der Waals surface area contributed by atoms with Crippen LogP contribution in [0.1, 0.15) is 11.1 Å². The Hall–Kier alpha value is -3.55. The molecule has 3 aromatic rings. The lowest BCUT2D eigenvalue weighted by Crippen LogP contribution is -1.97. The second-order valence-corrected chi connectivity index (χ2v) is 4.87. The first-order valence-electron chi connectivity index (χ1n) is 7.06. The monoisotopic (exact) mass is 323 g/mol. The maximum Gasteiger partial charge on any atom is 0.269 e. The molecular weight excluding hydrogens is 310 g/mol. The topological polar surface area (TPSA) is 95.4 Å². The summed E-state index contributed by atoms with van der Waals surface area (Å²) in [5.74, 6) is 0.682. The molecule has 0 radical (unpaired) electrons. The van der Waals surface area contributed by atoms with E-state index in [-0.39, 0.29) is 5.69 Å². The van der Waals surface area contributed by atoms with Gasteiger partial charge in [0.25, 0.3) is 5.69 Å². The fourth-order valence-corrected chi connectivity index (χ4v) is 1.95. The molecule has 0 saturated carbocycles. The molecule has 8 nitrogen and oxygen atoms in total. The third-order valence-corrected chi connectivity index (χ3v) is 3.16. The number of rotatable bonds is 6. The molecule has 0 fully saturated rings. The van der Waals surface area contributed by atoms with Crippen molar-refractivity contribution in [1.29, 1.82) is 0 Å². The zero-order chi connectivity index (χ0) is 16.8. The normalized spacial score (nSPS) is 10.8. The Morgan fingerprint density at radius 1 is 1.17 bits per heavy atom. The molecule has 8 heteroatoms. The van der Waals surface area contributed by atoms with E-state index in [1.165, 1.54) is 29.5 Å². The first kappa shape index (κ1) is 15.3. The average Bonchev–Trinajstić information content (AvgIpc) is 3.12. The summed E-state index contributed by atoms with van der Waals surface area (Å²) >= 11 is 0. The molecule has 0 aliphatic heterocycles. The van der Waals surface area contributed by atoms with Gasteiger partial charge in [0.1, 0.15) is 25.0 Å². The van der Waals surface area contributed by atoms with E-state index in [9.17, 15) is 10.1 Å². The summed E-state index contributed by atoms with van der Waals surface area (Å²) in [5.41, 5.74) is 1.78. The summed E-state index contributed by atoms with van der Waals surface area (Å²) in [6, 6.07) is 13.7. The molecule has 0 amide bonds. The molecule has 0 bridgehead atoms. The molecule has 1 aromatic heterocycles. The first-order chi connectivity index (χ1) is 11.7. The van der Waals surface area contributed by atoms with Crippen LogP contribution in [-0.4, -0.2) is 26.0 Å². The molecule has 3 rings (SSSR count). The van der Waals surface area contributed by atoms with Gasteiger partial charge in [-0.25, -0.2) is 4.68 Å². The largest absolute Gasteiger partial charge is 0.489 e. The highest BCUT2D eigenvalue weighted by Crippen LogP contribution is 2.16. The van der Waals surface area contributed by atoms with Gasteiger partial charge in [0, 0.05) is 12.1 Å². The van der Waals surface area contributed by atoms with Gasteiger partial charge in [-0.1, -0.05) is 12.1 Å². The zero-order valence-electron chi connectivity index (χ0n) is 12.5. The molecule has 2 aromatic carbocycles. The Labute approximate surface area is 137 Å². The van der Waals surface area contributed by atoms with E-state index in [1.807, 2.05) is 24.3 Å². The van der Waals surface area contributed by atoms with Crippen molar-refractivity contribution in [3.63, 3.8) is 0 Å². The summed E-state index contributed by atoms with van der Waals surface area (Å²) in [5, 5.41) is 22.1. The lowest BCUT2D eigenvalue weighted by Gasteiger charge is -2.06. The predicted octanol–water partition coefficient (Wildman–Crippen LogP) is 2.65. The van der Waals surface area contributed by atoms with Crippen molar-refractivity contribution in [3.8, 4) is 5.75 Å². The van der Waals surface area contributed by atoms with Gasteiger partial charge in [-0.2, -0.15) is 5.10 Å². The summed E-state index contributed by atoms with van der Waals surface area (Å²) in [6.07, 6.45) is 4.65. The lowest BCUT2D eigenvalue weighted by atomic mass is 10.2. The Morgan fingerprint density at radius 3 is 2.62 bits per heavy atom. The van der Waals surface area contributed by atoms with Crippen LogP contribution < -0.4 is 4.74 Å². The Morgan fingerprint density at radius 2 is 1.92 bits per heavy atom. The van der Waals surface area contributed by atoms with E-state index >= 15 is 0 Å². The zero-order valence-corrected chi connectivity index (χ0v) is 12.5. The number of ether oxygens (including phenoxy) is 1. The van der Waals surface area contributed by atoms with Crippen molar-refractivity contribution >= 4 is 11.9 Å². The van der Waals surface area contributed by atoms with Gasteiger partial charge < -0.3 is 4.74 Å². The summed E-state index contributed by atoms with van der Waals surface area (Å²) < 4.78 is 7.20. The van der Waals surface area contributed by atoms with Crippen LogP contribution in [0.15, 0.2) is 66.3 Å². The van der Waals surface area contributed by atoms with Crippen molar-refractivity contribution in [3.05, 3.63) is 82.4 Å². The fraction of sp³-hybridized carbons (Fsp3) is 0.0625. The number of hydrogen-bond acceptors (Lipinski definition) is 6. The van der Waals surface area contributed by atoms with Crippen LogP contribution in [0, 0.1) is 10.1 Å². The second kappa shape index (κ2) is 7.14. The van der Waals surface area contributed by atoms with Crippen molar-refractivity contribution in [1.82, 2.24) is 14.9 Å². The van der Waals surface area contributed by atoms with Crippen LogP contribution in [0.25, 0.3) is 0 Å². The van der Waals surface area contributed by atoms with Gasteiger partial charge in [-0.05, 0) is 35.4 Å². The number of aromatic nitrogens is 3. The molecule has 0 aliphatic rings. The van der Waals surface area contributed by atoms with Crippen LogP contribution in [-0.2, 0) is 6.61 Å². The quantitative estimate of drug-likeness (QED) is 0.395. The van der Waals surface area contributed by atoms with Crippen LogP contribution in [0.5, 0.6) is 5.75 Å². The van der Waals surface area contributed by atoms with E-state index < -0.39 is 4.92 Å². The molecule has 0 unspecified atom stereocenters. The molecule has 120 valence electrons. The van der Waals surface area contributed by atoms with E-state index in [2.05, 4.69) is 15.3 Å². The predicted molar refractivity (Wildman–Crippen MR) is 86.9 cm³/mol. The fourth-order valence-electron chi connectivity index (χ4n) is 1.95. The smallest absolute Gasteiger partial charge is 0.269 e. The highest BCUT2D eigenvalue weighted by Gasteiger charge is 2.04. The van der Waals surface area contributed by atoms with Crippen LogP contribution in [0.2, 0.25) is 0 Å². The standard InChI is InChI=1S/C16H13N5O3/c22-21(23)15-6-4-13(5-7-15)10-24-16-3-1-2-14(8-16)9-19-20-11-17-18-12-20/h1-9,11-12H,10H2. The summed E-state index contributed by atoms with van der Waals surface area (Å²) in [6.45, 7) is 0.323. The minimum Gasteiger partial charge on any atom is -0.489 e. The number of nitro benzene ring substituents is 1. The van der Waals surface area contributed by atoms with E-state index in [1.54, 1.807) is 18.3 Å². The maximum atomic E-state index is 10.6. The average molecular weight is 323 g/mol. The van der Waals surface area contributed by atoms with Crippen LogP contribution >= 0.6 is 0 Å². The maximum absolute atomic E-state index is 10.6. The van der Waals surface area contributed by atoms with E-state index in [4.69, 9.17) is 4.74 Å². The molecule has 0 atom stereocenters. The SMILES string of the molecule is O=[N+]([O-])c1ccc(COc2cccc(C=Nn3cnnc3)c2)cc1. The number of hydrogen-bond donors (Lipinski definition) is 0. The number of non-ortho nitro benzene ring substituents is 1. The van der Waals surface area contributed by atoms with E-state index in [0.717, 1.165) is 11.1 Å². The molecule has 0 N–H and O–H groups in total. The number of nitro groups is 1. The molecular formula is C16H13N5O3. The number of benzene rings is 2. The van der Waals surface area contributed by atoms with Crippen molar-refractivity contribution < 1.29 is 9.66 Å². The Bertz CT molecular complexity index is 844. The molecule has 24 heavy (non-hydrogen) atoms. The van der Waals surface area contributed by atoms with Gasteiger partial charge in [0.05, 0.1) is 11.1 Å². The molecule has 0 spiro atoms. The highest BCUT2D eigenvalue weighted by molar-refractivity contribution is 5.80. The van der Waals surface area contributed by atoms with Gasteiger partial charge in [-0.3, -0.25) is 10.1 Å². The van der Waals surface area contributed by atoms with Crippen molar-refractivity contribution in [2.45, 2.75) is 6.61 Å². The third-order valence-electron chi connectivity index (χ3n) is 3.16. The molecule has 0 aliphatic carbocycles. The highest BCUT2D eigenvalue weighted by atomic mass is 16.6. The first-order valence-corrected chi connectivity index (χ1v) is 7.06. The lowest BCUT2D eigenvalue weighted by molar-refractivity contribution is -0.384. The summed E-state index contributed by atoms with van der Waals surface area (Å²) in [4.78, 5) is 10.2. The van der Waals surface area contributed by atoms with E-state index in [0.29, 0.717) is 12.4 Å². The molecule has 0 saturated heterocycles. The Balaban J connectivity index is 1.63. The minimum atomic E-state index is -0.427. The Kier molecular flexibility index (Phi) is 4.57. The van der Waals surface area contributed by atoms with Gasteiger partial charge in [0.15, 0.2) is 0 Å². The van der Waals surface area contributed by atoms with Gasteiger partial charge in [-0.15, -0.1) is 10.2 Å². The van der Waals surface area contributed by atoms with Crippen molar-refractivity contribution in [2.24, 2.45) is 5.10 Å². The molecule has 1 heterocycles. The summed E-state index contributed by atoms with van der Waals surface area (Å²) in [7, 11) is 0. The van der Waals surface area contributed by atoms with Crippen LogP contribution in [0.3, 0.4) is 0 Å². The van der Waals surface area contributed by atoms with Gasteiger partial charge >= 0.3 is 0 Å². The second-order valence-electron chi connectivity index (χ2n) is 4.87.